The van der Waals surface area contributed by atoms with Crippen molar-refractivity contribution in [2.75, 3.05) is 25.1 Å². The molecule has 7 nitrogen and oxygen atoms in total. The Kier molecular flexibility index (Phi) is 3.42. The number of amides is 2. The number of carbonyl (C=O) groups is 1. The molecule has 2 fully saturated rings. The molecule has 1 atom stereocenters. The average Bonchev–Trinajstić information content (AvgIpc) is 3.27. The number of ether oxygens (including phenoxy) is 1. The standard InChI is InChI=1S/C15H19N5O2/c21-15(18-14-9-17-13-8-16-3-4-20(13)14)19-5-6-22-10-12(19)7-11-1-2-11/h3-4,8-9,11-12H,1-2,5-7,10H2,(H,18,21). The van der Waals surface area contributed by atoms with Crippen LogP contribution in [0.25, 0.3) is 5.65 Å². The van der Waals surface area contributed by atoms with Gasteiger partial charge in [-0.15, -0.1) is 0 Å². The Morgan fingerprint density at radius 2 is 2.32 bits per heavy atom. The van der Waals surface area contributed by atoms with E-state index in [4.69, 9.17) is 4.74 Å². The highest BCUT2D eigenvalue weighted by Crippen LogP contribution is 2.35. The molecule has 1 aliphatic carbocycles. The third-order valence-corrected chi connectivity index (χ3v) is 4.34. The molecule has 4 rings (SSSR count). The summed E-state index contributed by atoms with van der Waals surface area (Å²) in [7, 11) is 0. The van der Waals surface area contributed by atoms with Crippen molar-refractivity contribution in [1.29, 1.82) is 0 Å². The van der Waals surface area contributed by atoms with Crippen LogP contribution in [0.3, 0.4) is 0 Å². The summed E-state index contributed by atoms with van der Waals surface area (Å²) in [6.07, 6.45) is 10.4. The summed E-state index contributed by atoms with van der Waals surface area (Å²) in [4.78, 5) is 22.8. The number of anilines is 1. The van der Waals surface area contributed by atoms with E-state index in [0.29, 0.717) is 31.2 Å². The van der Waals surface area contributed by atoms with Gasteiger partial charge in [-0.2, -0.15) is 0 Å². The molecule has 2 amide bonds. The zero-order valence-corrected chi connectivity index (χ0v) is 12.3. The number of hydrogen-bond donors (Lipinski definition) is 1. The Balaban J connectivity index is 1.50. The Bertz CT molecular complexity index is 681. The van der Waals surface area contributed by atoms with Crippen molar-refractivity contribution in [3.63, 3.8) is 0 Å². The van der Waals surface area contributed by atoms with Crippen LogP contribution in [0.5, 0.6) is 0 Å². The quantitative estimate of drug-likeness (QED) is 0.937. The van der Waals surface area contributed by atoms with E-state index in [0.717, 1.165) is 12.3 Å². The number of nitrogens with one attached hydrogen (secondary N) is 1. The first-order valence-corrected chi connectivity index (χ1v) is 7.74. The van der Waals surface area contributed by atoms with Gasteiger partial charge in [-0.05, 0) is 12.3 Å². The number of hydrogen-bond acceptors (Lipinski definition) is 4. The molecule has 1 saturated heterocycles. The van der Waals surface area contributed by atoms with E-state index < -0.39 is 0 Å². The summed E-state index contributed by atoms with van der Waals surface area (Å²) in [6, 6.07) is 0.106. The van der Waals surface area contributed by atoms with Crippen LogP contribution in [0.1, 0.15) is 19.3 Å². The number of imidazole rings is 1. The second-order valence-corrected chi connectivity index (χ2v) is 5.98. The molecule has 1 aliphatic heterocycles. The predicted octanol–water partition coefficient (Wildman–Crippen LogP) is 1.76. The van der Waals surface area contributed by atoms with Gasteiger partial charge >= 0.3 is 6.03 Å². The molecule has 22 heavy (non-hydrogen) atoms. The van der Waals surface area contributed by atoms with E-state index in [1.54, 1.807) is 24.8 Å². The third-order valence-electron chi connectivity index (χ3n) is 4.34. The van der Waals surface area contributed by atoms with Crippen molar-refractivity contribution in [3.8, 4) is 0 Å². The molecule has 0 aromatic carbocycles. The summed E-state index contributed by atoms with van der Waals surface area (Å²) in [5, 5.41) is 2.96. The smallest absolute Gasteiger partial charge is 0.323 e. The molecule has 2 aromatic heterocycles. The van der Waals surface area contributed by atoms with Crippen LogP contribution in [-0.4, -0.2) is 51.1 Å². The van der Waals surface area contributed by atoms with Crippen LogP contribution in [-0.2, 0) is 4.74 Å². The van der Waals surface area contributed by atoms with Gasteiger partial charge in [0, 0.05) is 18.9 Å². The highest BCUT2D eigenvalue weighted by molar-refractivity contribution is 5.89. The van der Waals surface area contributed by atoms with Gasteiger partial charge < -0.3 is 9.64 Å². The Morgan fingerprint density at radius 1 is 1.41 bits per heavy atom. The first-order valence-electron chi connectivity index (χ1n) is 7.74. The number of aromatic nitrogens is 3. The summed E-state index contributed by atoms with van der Waals surface area (Å²) in [6.45, 7) is 1.88. The van der Waals surface area contributed by atoms with E-state index in [9.17, 15) is 4.79 Å². The van der Waals surface area contributed by atoms with Crippen molar-refractivity contribution in [3.05, 3.63) is 24.8 Å². The Hall–Kier alpha value is -2.15. The highest BCUT2D eigenvalue weighted by atomic mass is 16.5. The topological polar surface area (TPSA) is 71.8 Å². The largest absolute Gasteiger partial charge is 0.377 e. The minimum atomic E-state index is -0.0763. The van der Waals surface area contributed by atoms with Crippen molar-refractivity contribution >= 4 is 17.5 Å². The predicted molar refractivity (Wildman–Crippen MR) is 80.7 cm³/mol. The number of urea groups is 1. The van der Waals surface area contributed by atoms with E-state index in [-0.39, 0.29) is 12.1 Å². The molecular weight excluding hydrogens is 282 g/mol. The summed E-state index contributed by atoms with van der Waals surface area (Å²) in [5.41, 5.74) is 0.717. The molecule has 0 spiro atoms. The Labute approximate surface area is 128 Å². The van der Waals surface area contributed by atoms with Crippen LogP contribution in [0.2, 0.25) is 0 Å². The van der Waals surface area contributed by atoms with Crippen LogP contribution in [0.4, 0.5) is 10.6 Å². The lowest BCUT2D eigenvalue weighted by atomic mass is 10.1. The molecule has 116 valence electrons. The minimum Gasteiger partial charge on any atom is -0.377 e. The van der Waals surface area contributed by atoms with Crippen molar-refractivity contribution in [2.45, 2.75) is 25.3 Å². The normalized spacial score (nSPS) is 22.0. The van der Waals surface area contributed by atoms with Crippen LogP contribution < -0.4 is 5.32 Å². The van der Waals surface area contributed by atoms with E-state index >= 15 is 0 Å². The highest BCUT2D eigenvalue weighted by Gasteiger charge is 2.33. The van der Waals surface area contributed by atoms with Gasteiger partial charge in [0.1, 0.15) is 5.82 Å². The zero-order chi connectivity index (χ0) is 14.9. The second-order valence-electron chi connectivity index (χ2n) is 5.98. The summed E-state index contributed by atoms with van der Waals surface area (Å²) in [5.74, 6) is 1.43. The zero-order valence-electron chi connectivity index (χ0n) is 12.3. The van der Waals surface area contributed by atoms with Crippen molar-refractivity contribution in [1.82, 2.24) is 19.3 Å². The maximum absolute atomic E-state index is 12.6. The van der Waals surface area contributed by atoms with Gasteiger partial charge in [0.15, 0.2) is 5.65 Å². The Morgan fingerprint density at radius 3 is 3.18 bits per heavy atom. The van der Waals surface area contributed by atoms with Crippen molar-refractivity contribution < 1.29 is 9.53 Å². The maximum atomic E-state index is 12.6. The SMILES string of the molecule is O=C(Nc1cnc2cnccn12)N1CCOCC1CC1CC1. The van der Waals surface area contributed by atoms with E-state index in [2.05, 4.69) is 15.3 Å². The van der Waals surface area contributed by atoms with Crippen molar-refractivity contribution in [2.24, 2.45) is 5.92 Å². The third kappa shape index (κ3) is 2.64. The van der Waals surface area contributed by atoms with Crippen LogP contribution in [0.15, 0.2) is 24.8 Å². The van der Waals surface area contributed by atoms with E-state index in [1.165, 1.54) is 12.8 Å². The number of nitrogens with zero attached hydrogens (tertiary/aromatic N) is 4. The molecule has 0 radical (unpaired) electrons. The number of rotatable bonds is 3. The van der Waals surface area contributed by atoms with Crippen LogP contribution >= 0.6 is 0 Å². The lowest BCUT2D eigenvalue weighted by Gasteiger charge is -2.35. The molecule has 7 heteroatoms. The monoisotopic (exact) mass is 301 g/mol. The molecule has 3 heterocycles. The second kappa shape index (κ2) is 5.57. The lowest BCUT2D eigenvalue weighted by Crippen LogP contribution is -2.50. The molecule has 2 aromatic rings. The van der Waals surface area contributed by atoms with Gasteiger partial charge in [-0.3, -0.25) is 14.7 Å². The molecule has 1 N–H and O–H groups in total. The maximum Gasteiger partial charge on any atom is 0.323 e. The van der Waals surface area contributed by atoms with Gasteiger partial charge in [-0.25, -0.2) is 9.78 Å². The minimum absolute atomic E-state index is 0.0763. The molecule has 1 saturated carbocycles. The molecule has 2 aliphatic rings. The summed E-state index contributed by atoms with van der Waals surface area (Å²) >= 11 is 0. The number of carbonyl (C=O) groups excluding carboxylic acids is 1. The average molecular weight is 301 g/mol. The van der Waals surface area contributed by atoms with Crippen LogP contribution in [0, 0.1) is 5.92 Å². The fourth-order valence-corrected chi connectivity index (χ4v) is 2.97. The fourth-order valence-electron chi connectivity index (χ4n) is 2.97. The molecule has 0 bridgehead atoms. The number of morpholine rings is 1. The van der Waals surface area contributed by atoms with Gasteiger partial charge in [-0.1, -0.05) is 12.8 Å². The fraction of sp³-hybridized carbons (Fsp3) is 0.533. The van der Waals surface area contributed by atoms with E-state index in [1.807, 2.05) is 9.30 Å². The first kappa shape index (κ1) is 13.5. The molecular formula is C15H19N5O2. The van der Waals surface area contributed by atoms with Gasteiger partial charge in [0.25, 0.3) is 0 Å². The number of fused-ring (bicyclic) bond motifs is 1. The van der Waals surface area contributed by atoms with Gasteiger partial charge in [0.2, 0.25) is 0 Å². The van der Waals surface area contributed by atoms with Gasteiger partial charge in [0.05, 0.1) is 31.6 Å². The molecule has 1 unspecified atom stereocenters. The first-order chi connectivity index (χ1) is 10.8. The lowest BCUT2D eigenvalue weighted by molar-refractivity contribution is 0.0108. The summed E-state index contributed by atoms with van der Waals surface area (Å²) < 4.78 is 7.37.